The van der Waals surface area contributed by atoms with Gasteiger partial charge in [-0.25, -0.2) is 13.2 Å². The van der Waals surface area contributed by atoms with Gasteiger partial charge in [-0.1, -0.05) is 0 Å². The largest absolute Gasteiger partial charge is 0.481 e. The van der Waals surface area contributed by atoms with Crippen LogP contribution in [0.4, 0.5) is 30.6 Å². The molecule has 0 unspecified atom stereocenters. The lowest BCUT2D eigenvalue weighted by Gasteiger charge is -2.08. The molecular weight excluding hydrogens is 261 g/mol. The minimum Gasteiger partial charge on any atom is -0.481 e. The first-order chi connectivity index (χ1) is 8.99. The van der Waals surface area contributed by atoms with Crippen LogP contribution in [0.3, 0.4) is 0 Å². The van der Waals surface area contributed by atoms with Crippen molar-refractivity contribution >= 4 is 17.5 Å². The molecule has 0 radical (unpaired) electrons. The van der Waals surface area contributed by atoms with E-state index < -0.39 is 17.5 Å². The molecule has 2 rings (SSSR count). The SMILES string of the molecule is COc1cc(Nc2cc(F)c(F)c(F)c2)nc(N)n1. The molecule has 0 aliphatic carbocycles. The molecule has 0 aliphatic rings. The van der Waals surface area contributed by atoms with Crippen LogP contribution in [0.15, 0.2) is 18.2 Å². The Morgan fingerprint density at radius 1 is 1.11 bits per heavy atom. The summed E-state index contributed by atoms with van der Waals surface area (Å²) in [7, 11) is 1.38. The van der Waals surface area contributed by atoms with E-state index in [0.717, 1.165) is 12.1 Å². The van der Waals surface area contributed by atoms with E-state index in [4.69, 9.17) is 10.5 Å². The maximum atomic E-state index is 13.0. The standard InChI is InChI=1S/C11H9F3N4O/c1-19-9-4-8(17-11(15)18-9)16-5-2-6(12)10(14)7(13)3-5/h2-4H,1H3,(H3,15,16,17,18). The van der Waals surface area contributed by atoms with Crippen molar-refractivity contribution in [1.82, 2.24) is 9.97 Å². The van der Waals surface area contributed by atoms with Crippen molar-refractivity contribution in [2.24, 2.45) is 0 Å². The third-order valence-corrected chi connectivity index (χ3v) is 2.19. The van der Waals surface area contributed by atoms with Gasteiger partial charge in [0.2, 0.25) is 11.8 Å². The number of hydrogen-bond acceptors (Lipinski definition) is 5. The Balaban J connectivity index is 2.33. The molecule has 100 valence electrons. The van der Waals surface area contributed by atoms with E-state index in [1.54, 1.807) is 0 Å². The van der Waals surface area contributed by atoms with E-state index in [0.29, 0.717) is 0 Å². The lowest BCUT2D eigenvalue weighted by Crippen LogP contribution is -2.02. The molecule has 0 amide bonds. The number of rotatable bonds is 3. The second-order valence-electron chi connectivity index (χ2n) is 3.53. The van der Waals surface area contributed by atoms with Crippen LogP contribution in [-0.2, 0) is 0 Å². The Hall–Kier alpha value is -2.51. The first-order valence-corrected chi connectivity index (χ1v) is 5.09. The van der Waals surface area contributed by atoms with Crippen molar-refractivity contribution in [3.05, 3.63) is 35.7 Å². The zero-order valence-electron chi connectivity index (χ0n) is 9.75. The Morgan fingerprint density at radius 2 is 1.74 bits per heavy atom. The summed E-state index contributed by atoms with van der Waals surface area (Å²) >= 11 is 0. The maximum Gasteiger partial charge on any atom is 0.225 e. The first kappa shape index (κ1) is 12.9. The van der Waals surface area contributed by atoms with Crippen LogP contribution in [0.5, 0.6) is 5.88 Å². The van der Waals surface area contributed by atoms with E-state index in [1.807, 2.05) is 0 Å². The van der Waals surface area contributed by atoms with E-state index in [9.17, 15) is 13.2 Å². The van der Waals surface area contributed by atoms with Crippen molar-refractivity contribution < 1.29 is 17.9 Å². The maximum absolute atomic E-state index is 13.0. The number of nitrogens with two attached hydrogens (primary N) is 1. The second-order valence-corrected chi connectivity index (χ2v) is 3.53. The van der Waals surface area contributed by atoms with Crippen LogP contribution >= 0.6 is 0 Å². The number of nitrogens with one attached hydrogen (secondary N) is 1. The predicted octanol–water partition coefficient (Wildman–Crippen LogP) is 2.23. The number of halogens is 3. The smallest absolute Gasteiger partial charge is 0.225 e. The van der Waals surface area contributed by atoms with Crippen LogP contribution in [0.1, 0.15) is 0 Å². The summed E-state index contributed by atoms with van der Waals surface area (Å²) in [5.41, 5.74) is 5.41. The minimum absolute atomic E-state index is 0.0171. The summed E-state index contributed by atoms with van der Waals surface area (Å²) < 4.78 is 43.7. The van der Waals surface area contributed by atoms with Gasteiger partial charge in [-0.05, 0) is 0 Å². The fourth-order valence-electron chi connectivity index (χ4n) is 1.39. The Kier molecular flexibility index (Phi) is 3.41. The fraction of sp³-hybridized carbons (Fsp3) is 0.0909. The highest BCUT2D eigenvalue weighted by Crippen LogP contribution is 2.22. The average Bonchev–Trinajstić information content (AvgIpc) is 2.35. The summed E-state index contributed by atoms with van der Waals surface area (Å²) in [5, 5.41) is 2.57. The normalized spacial score (nSPS) is 10.3. The van der Waals surface area contributed by atoms with E-state index in [1.165, 1.54) is 13.2 Å². The fourth-order valence-corrected chi connectivity index (χ4v) is 1.39. The van der Waals surface area contributed by atoms with Crippen LogP contribution in [0.2, 0.25) is 0 Å². The highest BCUT2D eigenvalue weighted by atomic mass is 19.2. The first-order valence-electron chi connectivity index (χ1n) is 5.09. The zero-order valence-corrected chi connectivity index (χ0v) is 9.75. The zero-order chi connectivity index (χ0) is 14.0. The third kappa shape index (κ3) is 2.84. The van der Waals surface area contributed by atoms with Crippen LogP contribution < -0.4 is 15.8 Å². The topological polar surface area (TPSA) is 73.1 Å². The number of hydrogen-bond donors (Lipinski definition) is 2. The molecule has 2 aromatic rings. The van der Waals surface area contributed by atoms with Gasteiger partial charge < -0.3 is 15.8 Å². The highest BCUT2D eigenvalue weighted by Gasteiger charge is 2.11. The number of anilines is 3. The van der Waals surface area contributed by atoms with Crippen molar-refractivity contribution in [3.63, 3.8) is 0 Å². The number of aromatic nitrogens is 2. The molecule has 0 aliphatic heterocycles. The molecule has 0 fully saturated rings. The van der Waals surface area contributed by atoms with Gasteiger partial charge in [0.05, 0.1) is 7.11 Å². The van der Waals surface area contributed by atoms with Gasteiger partial charge in [0.15, 0.2) is 17.5 Å². The third-order valence-electron chi connectivity index (χ3n) is 2.19. The highest BCUT2D eigenvalue weighted by molar-refractivity contribution is 5.58. The molecule has 0 bridgehead atoms. The van der Waals surface area contributed by atoms with Gasteiger partial charge in [-0.3, -0.25) is 0 Å². The molecule has 1 aromatic carbocycles. The quantitative estimate of drug-likeness (QED) is 0.837. The number of nitrogens with zero attached hydrogens (tertiary/aromatic N) is 2. The van der Waals surface area contributed by atoms with Gasteiger partial charge in [0.25, 0.3) is 0 Å². The van der Waals surface area contributed by atoms with Gasteiger partial charge in [0, 0.05) is 23.9 Å². The van der Waals surface area contributed by atoms with Crippen molar-refractivity contribution in [3.8, 4) is 5.88 Å². The van der Waals surface area contributed by atoms with Crippen molar-refractivity contribution in [2.45, 2.75) is 0 Å². The van der Waals surface area contributed by atoms with Gasteiger partial charge in [0.1, 0.15) is 5.82 Å². The van der Waals surface area contributed by atoms with Crippen LogP contribution in [0.25, 0.3) is 0 Å². The summed E-state index contributed by atoms with van der Waals surface area (Å²) in [6, 6.07) is 2.96. The summed E-state index contributed by atoms with van der Waals surface area (Å²) in [6.45, 7) is 0. The van der Waals surface area contributed by atoms with Crippen LogP contribution in [0, 0.1) is 17.5 Å². The Bertz CT molecular complexity index is 598. The number of methoxy groups -OCH3 is 1. The lowest BCUT2D eigenvalue weighted by atomic mass is 10.3. The Labute approximate surface area is 106 Å². The predicted molar refractivity (Wildman–Crippen MR) is 62.6 cm³/mol. The molecule has 19 heavy (non-hydrogen) atoms. The molecule has 0 saturated carbocycles. The van der Waals surface area contributed by atoms with Crippen molar-refractivity contribution in [1.29, 1.82) is 0 Å². The van der Waals surface area contributed by atoms with Crippen molar-refractivity contribution in [2.75, 3.05) is 18.2 Å². The molecule has 0 spiro atoms. The van der Waals surface area contributed by atoms with Gasteiger partial charge >= 0.3 is 0 Å². The number of benzene rings is 1. The lowest BCUT2D eigenvalue weighted by molar-refractivity contribution is 0.398. The average molecular weight is 270 g/mol. The molecule has 0 atom stereocenters. The second kappa shape index (κ2) is 5.01. The molecule has 3 N–H and O–H groups in total. The molecular formula is C11H9F3N4O. The number of ether oxygens (including phenoxy) is 1. The monoisotopic (exact) mass is 270 g/mol. The Morgan fingerprint density at radius 3 is 2.32 bits per heavy atom. The molecule has 5 nitrogen and oxygen atoms in total. The summed E-state index contributed by atoms with van der Waals surface area (Å²) in [5.74, 6) is -3.89. The molecule has 0 saturated heterocycles. The minimum atomic E-state index is -1.54. The molecule has 1 heterocycles. The number of nitrogen functional groups attached to an aromatic ring is 1. The molecule has 1 aromatic heterocycles. The van der Waals surface area contributed by atoms with E-state index in [-0.39, 0.29) is 23.3 Å². The van der Waals surface area contributed by atoms with Crippen LogP contribution in [-0.4, -0.2) is 17.1 Å². The summed E-state index contributed by atoms with van der Waals surface area (Å²) in [4.78, 5) is 7.54. The summed E-state index contributed by atoms with van der Waals surface area (Å²) in [6.07, 6.45) is 0. The van der Waals surface area contributed by atoms with Gasteiger partial charge in [-0.2, -0.15) is 9.97 Å². The van der Waals surface area contributed by atoms with E-state index in [2.05, 4.69) is 15.3 Å². The van der Waals surface area contributed by atoms with E-state index >= 15 is 0 Å². The van der Waals surface area contributed by atoms with Gasteiger partial charge in [-0.15, -0.1) is 0 Å². The molecule has 8 heteroatoms.